The minimum atomic E-state index is -0.428. The number of nitrogens with one attached hydrogen (secondary N) is 1. The summed E-state index contributed by atoms with van der Waals surface area (Å²) in [5, 5.41) is 23.6. The highest BCUT2D eigenvalue weighted by molar-refractivity contribution is 6.05. The molecule has 0 aromatic heterocycles. The minimum absolute atomic E-state index is 0.0574. The third kappa shape index (κ3) is 4.48. The van der Waals surface area contributed by atoms with Gasteiger partial charge in [0.25, 0.3) is 11.6 Å². The fourth-order valence-electron chi connectivity index (χ4n) is 3.89. The number of rotatable bonds is 5. The summed E-state index contributed by atoms with van der Waals surface area (Å²) in [6, 6.07) is 11.5. The van der Waals surface area contributed by atoms with Crippen molar-refractivity contribution in [2.45, 2.75) is 26.9 Å². The number of nitrogens with zero attached hydrogens (tertiary/aromatic N) is 2. The van der Waals surface area contributed by atoms with Gasteiger partial charge in [0.15, 0.2) is 0 Å². The first-order chi connectivity index (χ1) is 13.4. The summed E-state index contributed by atoms with van der Waals surface area (Å²) in [5.74, 6) is 0.500. The molecule has 7 heteroatoms. The number of nitro benzene ring substituents is 1. The molecule has 1 fully saturated rings. The summed E-state index contributed by atoms with van der Waals surface area (Å²) >= 11 is 0. The van der Waals surface area contributed by atoms with Gasteiger partial charge in [-0.15, -0.1) is 0 Å². The van der Waals surface area contributed by atoms with Gasteiger partial charge in [-0.25, -0.2) is 0 Å². The van der Waals surface area contributed by atoms with Crippen molar-refractivity contribution in [2.24, 2.45) is 11.8 Å². The molecule has 1 heterocycles. The standard InChI is InChI=1S/C21H25N3O4/c1-14-8-15(2)12-23(11-14)19-7-6-17(10-20(19)24(27)28)21(26)22-18-5-3-4-16(9-18)13-25/h3-7,9-10,14-15,25H,8,11-13H2,1-2H3,(H,22,26). The molecule has 148 valence electrons. The van der Waals surface area contributed by atoms with Crippen LogP contribution in [0.3, 0.4) is 0 Å². The number of anilines is 2. The molecule has 2 atom stereocenters. The molecular weight excluding hydrogens is 358 g/mol. The first-order valence-corrected chi connectivity index (χ1v) is 9.42. The minimum Gasteiger partial charge on any atom is -0.392 e. The number of hydrogen-bond acceptors (Lipinski definition) is 5. The molecule has 0 radical (unpaired) electrons. The molecule has 2 N–H and O–H groups in total. The van der Waals surface area contributed by atoms with Crippen LogP contribution in [0, 0.1) is 22.0 Å². The fourth-order valence-corrected chi connectivity index (χ4v) is 3.89. The van der Waals surface area contributed by atoms with Crippen molar-refractivity contribution in [3.63, 3.8) is 0 Å². The first kappa shape index (κ1) is 19.8. The molecule has 0 spiro atoms. The van der Waals surface area contributed by atoms with Crippen LogP contribution in [-0.4, -0.2) is 29.0 Å². The number of carbonyl (C=O) groups is 1. The van der Waals surface area contributed by atoms with Crippen LogP contribution >= 0.6 is 0 Å². The Morgan fingerprint density at radius 1 is 1.21 bits per heavy atom. The molecule has 0 aliphatic carbocycles. The molecule has 0 bridgehead atoms. The van der Waals surface area contributed by atoms with Crippen LogP contribution in [0.5, 0.6) is 0 Å². The van der Waals surface area contributed by atoms with Gasteiger partial charge in [-0.2, -0.15) is 0 Å². The summed E-state index contributed by atoms with van der Waals surface area (Å²) in [4.78, 5) is 25.9. The van der Waals surface area contributed by atoms with Crippen molar-refractivity contribution >= 4 is 23.0 Å². The van der Waals surface area contributed by atoms with Crippen LogP contribution in [0.1, 0.15) is 36.2 Å². The van der Waals surface area contributed by atoms with E-state index < -0.39 is 10.8 Å². The number of piperidine rings is 1. The highest BCUT2D eigenvalue weighted by atomic mass is 16.6. The summed E-state index contributed by atoms with van der Waals surface area (Å²) in [5.41, 5.74) is 1.93. The first-order valence-electron chi connectivity index (χ1n) is 9.42. The summed E-state index contributed by atoms with van der Waals surface area (Å²) in [7, 11) is 0. The maximum Gasteiger partial charge on any atom is 0.293 e. The Kier molecular flexibility index (Phi) is 5.94. The lowest BCUT2D eigenvalue weighted by atomic mass is 9.91. The Labute approximate surface area is 164 Å². The Balaban J connectivity index is 1.85. The molecule has 2 unspecified atom stereocenters. The number of aliphatic hydroxyl groups is 1. The maximum atomic E-state index is 12.6. The second-order valence-corrected chi connectivity index (χ2v) is 7.62. The van der Waals surface area contributed by atoms with Crippen molar-refractivity contribution in [1.82, 2.24) is 0 Å². The largest absolute Gasteiger partial charge is 0.392 e. The third-order valence-corrected chi connectivity index (χ3v) is 5.01. The Hall–Kier alpha value is -2.93. The monoisotopic (exact) mass is 383 g/mol. The van der Waals surface area contributed by atoms with E-state index in [-0.39, 0.29) is 17.9 Å². The zero-order chi connectivity index (χ0) is 20.3. The number of nitro groups is 1. The number of aliphatic hydroxyl groups excluding tert-OH is 1. The number of benzene rings is 2. The van der Waals surface area contributed by atoms with Gasteiger partial charge in [0.05, 0.1) is 11.5 Å². The zero-order valence-electron chi connectivity index (χ0n) is 16.1. The van der Waals surface area contributed by atoms with E-state index in [4.69, 9.17) is 0 Å². The second-order valence-electron chi connectivity index (χ2n) is 7.62. The van der Waals surface area contributed by atoms with E-state index in [2.05, 4.69) is 19.2 Å². The van der Waals surface area contributed by atoms with Crippen molar-refractivity contribution in [1.29, 1.82) is 0 Å². The zero-order valence-corrected chi connectivity index (χ0v) is 16.1. The van der Waals surface area contributed by atoms with Crippen molar-refractivity contribution < 1.29 is 14.8 Å². The smallest absolute Gasteiger partial charge is 0.293 e. The summed E-state index contributed by atoms with van der Waals surface area (Å²) in [6.07, 6.45) is 1.11. The molecule has 1 saturated heterocycles. The molecule has 1 amide bonds. The second kappa shape index (κ2) is 8.39. The molecule has 28 heavy (non-hydrogen) atoms. The number of amides is 1. The van der Waals surface area contributed by atoms with Crippen molar-refractivity contribution in [2.75, 3.05) is 23.3 Å². The van der Waals surface area contributed by atoms with E-state index in [0.717, 1.165) is 19.5 Å². The van der Waals surface area contributed by atoms with Crippen LogP contribution in [0.15, 0.2) is 42.5 Å². The molecule has 1 aliphatic rings. The number of carbonyl (C=O) groups excluding carboxylic acids is 1. The quantitative estimate of drug-likeness (QED) is 0.604. The van der Waals surface area contributed by atoms with Gasteiger partial charge in [0.1, 0.15) is 5.69 Å². The SMILES string of the molecule is CC1CC(C)CN(c2ccc(C(=O)Nc3cccc(CO)c3)cc2[N+](=O)[O-])C1. The van der Waals surface area contributed by atoms with Crippen molar-refractivity contribution in [3.05, 3.63) is 63.7 Å². The predicted octanol–water partition coefficient (Wildman–Crippen LogP) is 3.82. The van der Waals surface area contributed by atoms with Gasteiger partial charge in [-0.3, -0.25) is 14.9 Å². The predicted molar refractivity (Wildman–Crippen MR) is 109 cm³/mol. The molecule has 7 nitrogen and oxygen atoms in total. The van der Waals surface area contributed by atoms with Crippen LogP contribution in [0.25, 0.3) is 0 Å². The average Bonchev–Trinajstić information content (AvgIpc) is 2.66. The van der Waals surface area contributed by atoms with Gasteiger partial charge in [-0.1, -0.05) is 26.0 Å². The summed E-state index contributed by atoms with van der Waals surface area (Å²) < 4.78 is 0. The van der Waals surface area contributed by atoms with Crippen molar-refractivity contribution in [3.8, 4) is 0 Å². The molecule has 3 rings (SSSR count). The lowest BCUT2D eigenvalue weighted by Gasteiger charge is -2.36. The molecule has 0 saturated carbocycles. The van der Waals surface area contributed by atoms with E-state index in [1.54, 1.807) is 36.4 Å². The fraction of sp³-hybridized carbons (Fsp3) is 0.381. The van der Waals surface area contributed by atoms with E-state index >= 15 is 0 Å². The molecular formula is C21H25N3O4. The average molecular weight is 383 g/mol. The molecule has 2 aromatic rings. The topological polar surface area (TPSA) is 95.7 Å². The van der Waals surface area contributed by atoms with Crippen LogP contribution < -0.4 is 10.2 Å². The Morgan fingerprint density at radius 2 is 1.93 bits per heavy atom. The maximum absolute atomic E-state index is 12.6. The van der Waals surface area contributed by atoms with Gasteiger partial charge in [0, 0.05) is 30.4 Å². The molecule has 1 aliphatic heterocycles. The van der Waals surface area contributed by atoms with Gasteiger partial charge in [0.2, 0.25) is 0 Å². The van der Waals surface area contributed by atoms with E-state index in [1.165, 1.54) is 6.07 Å². The Morgan fingerprint density at radius 3 is 2.57 bits per heavy atom. The lowest BCUT2D eigenvalue weighted by Crippen LogP contribution is -2.39. The van der Waals surface area contributed by atoms with Crippen LogP contribution in [0.4, 0.5) is 17.1 Å². The van der Waals surface area contributed by atoms with E-state index in [0.29, 0.717) is 28.8 Å². The van der Waals surface area contributed by atoms with Crippen LogP contribution in [0.2, 0.25) is 0 Å². The summed E-state index contributed by atoms with van der Waals surface area (Å²) in [6.45, 7) is 5.71. The lowest BCUT2D eigenvalue weighted by molar-refractivity contribution is -0.384. The highest BCUT2D eigenvalue weighted by Gasteiger charge is 2.27. The normalized spacial score (nSPS) is 19.3. The molecule has 2 aromatic carbocycles. The Bertz CT molecular complexity index is 874. The third-order valence-electron chi connectivity index (χ3n) is 5.01. The van der Waals surface area contributed by atoms with Gasteiger partial charge in [-0.05, 0) is 48.1 Å². The van der Waals surface area contributed by atoms with E-state index in [9.17, 15) is 20.0 Å². The van der Waals surface area contributed by atoms with Gasteiger partial charge >= 0.3 is 0 Å². The van der Waals surface area contributed by atoms with Crippen LogP contribution in [-0.2, 0) is 6.61 Å². The van der Waals surface area contributed by atoms with E-state index in [1.807, 2.05) is 4.90 Å². The van der Waals surface area contributed by atoms with Gasteiger partial charge < -0.3 is 15.3 Å². The number of hydrogen-bond donors (Lipinski definition) is 2. The highest BCUT2D eigenvalue weighted by Crippen LogP contribution is 2.34.